The first kappa shape index (κ1) is 14.6. The third-order valence-corrected chi connectivity index (χ3v) is 3.93. The number of amides is 1. The Labute approximate surface area is 127 Å². The number of hydrogen-bond acceptors (Lipinski definition) is 4. The highest BCUT2D eigenvalue weighted by Gasteiger charge is 2.24. The summed E-state index contributed by atoms with van der Waals surface area (Å²) in [5, 5.41) is 14.5. The largest absolute Gasteiger partial charge is 0.346 e. The predicted molar refractivity (Wildman–Crippen MR) is 79.2 cm³/mol. The third-order valence-electron chi connectivity index (χ3n) is 3.93. The van der Waals surface area contributed by atoms with Crippen LogP contribution in [0.4, 0.5) is 4.39 Å². The number of halogens is 1. The Morgan fingerprint density at radius 3 is 2.91 bits per heavy atom. The SMILES string of the molecule is CC1CCNCC1NC(=O)c1cnn(-c2ccc(F)cc2)n1. The van der Waals surface area contributed by atoms with Crippen molar-refractivity contribution in [2.45, 2.75) is 19.4 Å². The first-order chi connectivity index (χ1) is 10.6. The zero-order valence-corrected chi connectivity index (χ0v) is 12.3. The standard InChI is InChI=1S/C15H18FN5O/c1-10-6-7-17-8-13(10)19-15(22)14-9-18-21(20-14)12-4-2-11(16)3-5-12/h2-5,9-10,13,17H,6-8H2,1H3,(H,19,22). The van der Waals surface area contributed by atoms with Gasteiger partial charge in [0, 0.05) is 12.6 Å². The van der Waals surface area contributed by atoms with E-state index in [9.17, 15) is 9.18 Å². The first-order valence-electron chi connectivity index (χ1n) is 7.33. The second kappa shape index (κ2) is 6.23. The van der Waals surface area contributed by atoms with Crippen LogP contribution in [0.3, 0.4) is 0 Å². The summed E-state index contributed by atoms with van der Waals surface area (Å²) in [6.07, 6.45) is 2.45. The number of nitrogens with zero attached hydrogens (tertiary/aromatic N) is 3. The minimum Gasteiger partial charge on any atom is -0.346 e. The fourth-order valence-corrected chi connectivity index (χ4v) is 2.49. The molecule has 2 atom stereocenters. The smallest absolute Gasteiger partial charge is 0.273 e. The molecule has 3 rings (SSSR count). The van der Waals surface area contributed by atoms with Gasteiger partial charge in [-0.05, 0) is 43.1 Å². The lowest BCUT2D eigenvalue weighted by atomic mass is 9.95. The Hall–Kier alpha value is -2.28. The van der Waals surface area contributed by atoms with E-state index in [1.165, 1.54) is 23.1 Å². The van der Waals surface area contributed by atoms with Gasteiger partial charge in [-0.25, -0.2) is 4.39 Å². The number of nitrogens with one attached hydrogen (secondary N) is 2. The molecule has 7 heteroatoms. The van der Waals surface area contributed by atoms with Crippen molar-refractivity contribution in [1.82, 2.24) is 25.6 Å². The Bertz CT molecular complexity index is 654. The van der Waals surface area contributed by atoms with Gasteiger partial charge in [-0.2, -0.15) is 9.90 Å². The van der Waals surface area contributed by atoms with Gasteiger partial charge >= 0.3 is 0 Å². The van der Waals surface area contributed by atoms with Gasteiger partial charge in [0.2, 0.25) is 0 Å². The molecule has 0 radical (unpaired) electrons. The van der Waals surface area contributed by atoms with Crippen LogP contribution in [0.15, 0.2) is 30.5 Å². The Balaban J connectivity index is 1.70. The maximum absolute atomic E-state index is 12.9. The summed E-state index contributed by atoms with van der Waals surface area (Å²) in [7, 11) is 0. The van der Waals surface area contributed by atoms with Crippen molar-refractivity contribution in [2.75, 3.05) is 13.1 Å². The summed E-state index contributed by atoms with van der Waals surface area (Å²) in [5.74, 6) is -0.140. The average Bonchev–Trinajstić information content (AvgIpc) is 3.00. The highest BCUT2D eigenvalue weighted by atomic mass is 19.1. The molecule has 0 bridgehead atoms. The molecule has 2 aromatic rings. The van der Waals surface area contributed by atoms with Crippen molar-refractivity contribution in [3.63, 3.8) is 0 Å². The van der Waals surface area contributed by atoms with E-state index in [0.29, 0.717) is 11.6 Å². The monoisotopic (exact) mass is 303 g/mol. The Morgan fingerprint density at radius 2 is 2.18 bits per heavy atom. The number of aromatic nitrogens is 3. The van der Waals surface area contributed by atoms with E-state index < -0.39 is 0 Å². The maximum atomic E-state index is 12.9. The van der Waals surface area contributed by atoms with E-state index in [1.54, 1.807) is 12.1 Å². The molecule has 116 valence electrons. The molecule has 2 heterocycles. The minimum absolute atomic E-state index is 0.0946. The molecule has 1 aliphatic heterocycles. The van der Waals surface area contributed by atoms with Gasteiger partial charge < -0.3 is 10.6 Å². The Morgan fingerprint density at radius 1 is 1.41 bits per heavy atom. The molecule has 2 unspecified atom stereocenters. The van der Waals surface area contributed by atoms with Crippen LogP contribution in [0.25, 0.3) is 5.69 Å². The molecule has 0 saturated carbocycles. The van der Waals surface area contributed by atoms with Crippen molar-refractivity contribution in [2.24, 2.45) is 5.92 Å². The quantitative estimate of drug-likeness (QED) is 0.892. The number of hydrogen-bond donors (Lipinski definition) is 2. The maximum Gasteiger partial charge on any atom is 0.273 e. The van der Waals surface area contributed by atoms with Crippen LogP contribution in [0.1, 0.15) is 23.8 Å². The lowest BCUT2D eigenvalue weighted by Gasteiger charge is -2.29. The van der Waals surface area contributed by atoms with Crippen LogP contribution < -0.4 is 10.6 Å². The molecule has 1 fully saturated rings. The molecule has 0 spiro atoms. The van der Waals surface area contributed by atoms with E-state index in [0.717, 1.165) is 19.5 Å². The topological polar surface area (TPSA) is 71.8 Å². The van der Waals surface area contributed by atoms with Crippen LogP contribution in [0.2, 0.25) is 0 Å². The lowest BCUT2D eigenvalue weighted by Crippen LogP contribution is -2.50. The molecule has 6 nitrogen and oxygen atoms in total. The molecule has 1 amide bonds. The summed E-state index contributed by atoms with van der Waals surface area (Å²) in [4.78, 5) is 13.6. The van der Waals surface area contributed by atoms with Gasteiger partial charge in [0.25, 0.3) is 5.91 Å². The second-order valence-corrected chi connectivity index (χ2v) is 5.55. The van der Waals surface area contributed by atoms with Crippen LogP contribution in [-0.4, -0.2) is 40.0 Å². The average molecular weight is 303 g/mol. The van der Waals surface area contributed by atoms with Gasteiger partial charge in [0.1, 0.15) is 5.82 Å². The van der Waals surface area contributed by atoms with Gasteiger partial charge in [0.15, 0.2) is 5.69 Å². The fraction of sp³-hybridized carbons (Fsp3) is 0.400. The van der Waals surface area contributed by atoms with E-state index in [1.807, 2.05) is 0 Å². The van der Waals surface area contributed by atoms with Crippen molar-refractivity contribution in [1.29, 1.82) is 0 Å². The number of carbonyl (C=O) groups is 1. The molecule has 1 aromatic carbocycles. The molecule has 22 heavy (non-hydrogen) atoms. The van der Waals surface area contributed by atoms with Gasteiger partial charge in [0.05, 0.1) is 11.9 Å². The zero-order chi connectivity index (χ0) is 15.5. The van der Waals surface area contributed by atoms with E-state index in [2.05, 4.69) is 27.8 Å². The van der Waals surface area contributed by atoms with Gasteiger partial charge in [-0.15, -0.1) is 5.10 Å². The number of piperidine rings is 1. The highest BCUT2D eigenvalue weighted by molar-refractivity contribution is 5.92. The van der Waals surface area contributed by atoms with Crippen molar-refractivity contribution in [3.05, 3.63) is 42.0 Å². The molecule has 2 N–H and O–H groups in total. The highest BCUT2D eigenvalue weighted by Crippen LogP contribution is 2.12. The van der Waals surface area contributed by atoms with Crippen LogP contribution in [-0.2, 0) is 0 Å². The number of benzene rings is 1. The molecule has 1 aromatic heterocycles. The molecule has 0 aliphatic carbocycles. The molecular formula is C15H18FN5O. The van der Waals surface area contributed by atoms with E-state index in [4.69, 9.17) is 0 Å². The molecule has 1 saturated heterocycles. The predicted octanol–water partition coefficient (Wildman–Crippen LogP) is 1.13. The normalized spacial score (nSPS) is 21.5. The van der Waals surface area contributed by atoms with Crippen molar-refractivity contribution >= 4 is 5.91 Å². The summed E-state index contributed by atoms with van der Waals surface area (Å²) in [5.41, 5.74) is 0.857. The van der Waals surface area contributed by atoms with Crippen molar-refractivity contribution < 1.29 is 9.18 Å². The number of rotatable bonds is 3. The third kappa shape index (κ3) is 3.14. The van der Waals surface area contributed by atoms with E-state index >= 15 is 0 Å². The summed E-state index contributed by atoms with van der Waals surface area (Å²) >= 11 is 0. The second-order valence-electron chi connectivity index (χ2n) is 5.55. The fourth-order valence-electron chi connectivity index (χ4n) is 2.49. The van der Waals surface area contributed by atoms with Gasteiger partial charge in [-0.1, -0.05) is 6.92 Å². The number of carbonyl (C=O) groups excluding carboxylic acids is 1. The van der Waals surface area contributed by atoms with Gasteiger partial charge in [-0.3, -0.25) is 4.79 Å². The van der Waals surface area contributed by atoms with E-state index in [-0.39, 0.29) is 23.5 Å². The minimum atomic E-state index is -0.326. The summed E-state index contributed by atoms with van der Waals surface area (Å²) in [6, 6.07) is 5.87. The summed E-state index contributed by atoms with van der Waals surface area (Å²) < 4.78 is 12.9. The van der Waals surface area contributed by atoms with Crippen LogP contribution >= 0.6 is 0 Å². The zero-order valence-electron chi connectivity index (χ0n) is 12.3. The summed E-state index contributed by atoms with van der Waals surface area (Å²) in [6.45, 7) is 3.87. The molecular weight excluding hydrogens is 285 g/mol. The van der Waals surface area contributed by atoms with Crippen molar-refractivity contribution in [3.8, 4) is 5.69 Å². The lowest BCUT2D eigenvalue weighted by molar-refractivity contribution is 0.0909. The molecule has 1 aliphatic rings. The first-order valence-corrected chi connectivity index (χ1v) is 7.33. The van der Waals surface area contributed by atoms with Crippen LogP contribution in [0.5, 0.6) is 0 Å². The Kier molecular flexibility index (Phi) is 4.15. The van der Waals surface area contributed by atoms with Crippen LogP contribution in [0, 0.1) is 11.7 Å².